The van der Waals surface area contributed by atoms with E-state index in [1.54, 1.807) is 28.4 Å². The van der Waals surface area contributed by atoms with Crippen LogP contribution in [0.3, 0.4) is 0 Å². The summed E-state index contributed by atoms with van der Waals surface area (Å²) < 4.78 is 21.2. The Bertz CT molecular complexity index is 877. The number of methoxy groups -OCH3 is 4. The molecule has 176 valence electrons. The second-order valence-corrected chi connectivity index (χ2v) is 8.22. The Kier molecular flexibility index (Phi) is 9.85. The highest BCUT2D eigenvalue weighted by atomic mass is 16.5. The minimum atomic E-state index is -0.707. The first kappa shape index (κ1) is 25.5. The summed E-state index contributed by atoms with van der Waals surface area (Å²) in [7, 11) is 6.39. The van der Waals surface area contributed by atoms with E-state index in [2.05, 4.69) is 0 Å². The van der Waals surface area contributed by atoms with Gasteiger partial charge in [-0.15, -0.1) is 0 Å². The predicted molar refractivity (Wildman–Crippen MR) is 125 cm³/mol. The van der Waals surface area contributed by atoms with Crippen LogP contribution in [0.5, 0.6) is 23.0 Å². The lowest BCUT2D eigenvalue weighted by molar-refractivity contribution is -0.128. The normalized spacial score (nSPS) is 12.9. The van der Waals surface area contributed by atoms with Crippen molar-refractivity contribution in [2.45, 2.75) is 45.6 Å². The SMILES string of the molecule is COc1ccc(CCC(=O)C(C(C)C)C(O)CCc2ccc(OC)c(OC)c2)cc1OC. The topological polar surface area (TPSA) is 74.2 Å². The van der Waals surface area contributed by atoms with Crippen LogP contribution in [-0.2, 0) is 17.6 Å². The highest BCUT2D eigenvalue weighted by molar-refractivity contribution is 5.82. The van der Waals surface area contributed by atoms with Crippen LogP contribution in [0.1, 0.15) is 37.8 Å². The monoisotopic (exact) mass is 444 g/mol. The summed E-state index contributed by atoms with van der Waals surface area (Å²) in [4.78, 5) is 13.0. The van der Waals surface area contributed by atoms with Gasteiger partial charge < -0.3 is 24.1 Å². The first-order chi connectivity index (χ1) is 15.3. The van der Waals surface area contributed by atoms with Crippen molar-refractivity contribution in [1.29, 1.82) is 0 Å². The number of ketones is 1. The second kappa shape index (κ2) is 12.3. The molecule has 2 aromatic carbocycles. The van der Waals surface area contributed by atoms with Crippen LogP contribution in [-0.4, -0.2) is 45.4 Å². The Hall–Kier alpha value is -2.73. The second-order valence-electron chi connectivity index (χ2n) is 8.22. The van der Waals surface area contributed by atoms with Gasteiger partial charge in [0.2, 0.25) is 0 Å². The highest BCUT2D eigenvalue weighted by Crippen LogP contribution is 2.30. The third kappa shape index (κ3) is 6.63. The molecule has 0 aliphatic heterocycles. The number of carbonyl (C=O) groups is 1. The fourth-order valence-corrected chi connectivity index (χ4v) is 4.03. The van der Waals surface area contributed by atoms with Gasteiger partial charge >= 0.3 is 0 Å². The number of rotatable bonds is 13. The molecule has 2 atom stereocenters. The molecule has 0 aliphatic carbocycles. The van der Waals surface area contributed by atoms with Crippen LogP contribution >= 0.6 is 0 Å². The van der Waals surface area contributed by atoms with E-state index in [0.717, 1.165) is 11.1 Å². The van der Waals surface area contributed by atoms with Crippen LogP contribution in [0.15, 0.2) is 36.4 Å². The average Bonchev–Trinajstić information content (AvgIpc) is 2.80. The molecule has 0 aromatic heterocycles. The quantitative estimate of drug-likeness (QED) is 0.491. The molecule has 0 heterocycles. The zero-order valence-corrected chi connectivity index (χ0v) is 20.0. The Labute approximate surface area is 191 Å². The summed E-state index contributed by atoms with van der Waals surface area (Å²) in [5.41, 5.74) is 2.03. The summed E-state index contributed by atoms with van der Waals surface area (Å²) in [6.07, 6.45) is 1.39. The summed E-state index contributed by atoms with van der Waals surface area (Å²) >= 11 is 0. The van der Waals surface area contributed by atoms with Crippen molar-refractivity contribution >= 4 is 5.78 Å². The Balaban J connectivity index is 2.00. The van der Waals surface area contributed by atoms with Gasteiger partial charge in [0.15, 0.2) is 23.0 Å². The van der Waals surface area contributed by atoms with Crippen molar-refractivity contribution in [2.24, 2.45) is 11.8 Å². The van der Waals surface area contributed by atoms with E-state index in [9.17, 15) is 9.90 Å². The smallest absolute Gasteiger partial charge is 0.160 e. The summed E-state index contributed by atoms with van der Waals surface area (Å²) in [5, 5.41) is 10.9. The van der Waals surface area contributed by atoms with E-state index >= 15 is 0 Å². The third-order valence-electron chi connectivity index (χ3n) is 5.79. The molecular formula is C26H36O6. The van der Waals surface area contributed by atoms with E-state index in [1.807, 2.05) is 50.2 Å². The molecular weight excluding hydrogens is 408 g/mol. The van der Waals surface area contributed by atoms with Gasteiger partial charge in [-0.3, -0.25) is 4.79 Å². The van der Waals surface area contributed by atoms with Gasteiger partial charge in [0.25, 0.3) is 0 Å². The summed E-state index contributed by atoms with van der Waals surface area (Å²) in [6, 6.07) is 11.4. The van der Waals surface area contributed by atoms with E-state index in [0.29, 0.717) is 48.7 Å². The first-order valence-corrected chi connectivity index (χ1v) is 11.0. The molecule has 2 aromatic rings. The Morgan fingerprint density at radius 2 is 1.25 bits per heavy atom. The van der Waals surface area contributed by atoms with Crippen LogP contribution in [0.25, 0.3) is 0 Å². The fourth-order valence-electron chi connectivity index (χ4n) is 4.03. The molecule has 0 fully saturated rings. The van der Waals surface area contributed by atoms with Gasteiger partial charge in [-0.2, -0.15) is 0 Å². The molecule has 6 heteroatoms. The number of aliphatic hydroxyl groups excluding tert-OH is 1. The number of aryl methyl sites for hydroxylation is 2. The molecule has 32 heavy (non-hydrogen) atoms. The zero-order valence-electron chi connectivity index (χ0n) is 20.0. The van der Waals surface area contributed by atoms with Crippen molar-refractivity contribution in [1.82, 2.24) is 0 Å². The van der Waals surface area contributed by atoms with Crippen LogP contribution < -0.4 is 18.9 Å². The van der Waals surface area contributed by atoms with Gasteiger partial charge in [-0.1, -0.05) is 26.0 Å². The van der Waals surface area contributed by atoms with Gasteiger partial charge in [0.1, 0.15) is 5.78 Å². The van der Waals surface area contributed by atoms with Gasteiger partial charge in [-0.05, 0) is 60.6 Å². The number of aliphatic hydroxyl groups is 1. The molecule has 0 amide bonds. The lowest BCUT2D eigenvalue weighted by Crippen LogP contribution is -2.33. The van der Waals surface area contributed by atoms with Gasteiger partial charge in [0.05, 0.1) is 34.5 Å². The lowest BCUT2D eigenvalue weighted by atomic mass is 9.82. The highest BCUT2D eigenvalue weighted by Gasteiger charge is 2.29. The van der Waals surface area contributed by atoms with Crippen LogP contribution in [0.4, 0.5) is 0 Å². The van der Waals surface area contributed by atoms with Gasteiger partial charge in [-0.25, -0.2) is 0 Å². The minimum absolute atomic E-state index is 0.0494. The lowest BCUT2D eigenvalue weighted by Gasteiger charge is -2.25. The molecule has 0 saturated heterocycles. The van der Waals surface area contributed by atoms with Crippen molar-refractivity contribution in [2.75, 3.05) is 28.4 Å². The number of Topliss-reactive ketones (excluding diaryl/α,β-unsaturated/α-hetero) is 1. The largest absolute Gasteiger partial charge is 0.493 e. The van der Waals surface area contributed by atoms with E-state index < -0.39 is 12.0 Å². The van der Waals surface area contributed by atoms with Gasteiger partial charge in [0, 0.05) is 12.3 Å². The minimum Gasteiger partial charge on any atom is -0.493 e. The number of carbonyl (C=O) groups excluding carboxylic acids is 1. The number of hydrogen-bond acceptors (Lipinski definition) is 6. The number of benzene rings is 2. The number of hydrogen-bond donors (Lipinski definition) is 1. The average molecular weight is 445 g/mol. The standard InChI is InChI=1S/C26H36O6/c1-17(2)26(20(27)11-7-18-9-13-22(29-3)24(15-18)31-5)21(28)12-8-19-10-14-23(30-4)25(16-19)32-6/h9-10,13-17,20,26-27H,7-8,11-12H2,1-6H3. The van der Waals surface area contributed by atoms with Crippen molar-refractivity contribution < 1.29 is 28.8 Å². The maximum absolute atomic E-state index is 13.0. The molecule has 0 spiro atoms. The molecule has 2 unspecified atom stereocenters. The summed E-state index contributed by atoms with van der Waals surface area (Å²) in [6.45, 7) is 3.97. The zero-order chi connectivity index (χ0) is 23.7. The fraction of sp³-hybridized carbons (Fsp3) is 0.500. The van der Waals surface area contributed by atoms with E-state index in [4.69, 9.17) is 18.9 Å². The Morgan fingerprint density at radius 1 is 0.781 bits per heavy atom. The molecule has 6 nitrogen and oxygen atoms in total. The maximum atomic E-state index is 13.0. The number of ether oxygens (including phenoxy) is 4. The van der Waals surface area contributed by atoms with Crippen molar-refractivity contribution in [3.8, 4) is 23.0 Å². The summed E-state index contributed by atoms with van der Waals surface area (Å²) in [5.74, 6) is 2.35. The van der Waals surface area contributed by atoms with Crippen LogP contribution in [0.2, 0.25) is 0 Å². The van der Waals surface area contributed by atoms with Crippen molar-refractivity contribution in [3.05, 3.63) is 47.5 Å². The third-order valence-corrected chi connectivity index (χ3v) is 5.79. The molecule has 0 bridgehead atoms. The molecule has 0 saturated carbocycles. The molecule has 0 radical (unpaired) electrons. The van der Waals surface area contributed by atoms with E-state index in [-0.39, 0.29) is 11.7 Å². The molecule has 2 rings (SSSR count). The molecule has 0 aliphatic rings. The Morgan fingerprint density at radius 3 is 1.69 bits per heavy atom. The predicted octanol–water partition coefficient (Wildman–Crippen LogP) is 4.49. The van der Waals surface area contributed by atoms with E-state index in [1.165, 1.54) is 0 Å². The van der Waals surface area contributed by atoms with Crippen LogP contribution in [0, 0.1) is 11.8 Å². The molecule has 1 N–H and O–H groups in total. The van der Waals surface area contributed by atoms with Crippen molar-refractivity contribution in [3.63, 3.8) is 0 Å². The first-order valence-electron chi connectivity index (χ1n) is 11.0. The maximum Gasteiger partial charge on any atom is 0.160 e.